The fourth-order valence-electron chi connectivity index (χ4n) is 3.14. The van der Waals surface area contributed by atoms with Gasteiger partial charge >= 0.3 is 6.18 Å². The Bertz CT molecular complexity index is 903. The molecule has 0 spiro atoms. The van der Waals surface area contributed by atoms with Crippen molar-refractivity contribution < 1.29 is 22.7 Å². The van der Waals surface area contributed by atoms with E-state index in [9.17, 15) is 22.8 Å². The lowest BCUT2D eigenvalue weighted by Gasteiger charge is -2.36. The Morgan fingerprint density at radius 3 is 2.46 bits per heavy atom. The minimum absolute atomic E-state index is 0.383. The molecule has 6 nitrogen and oxygen atoms in total. The number of halogens is 3. The monoisotopic (exact) mass is 395 g/mol. The number of pyridine rings is 1. The smallest absolute Gasteiger partial charge is 0.421 e. The number of hydrogen-bond donors (Lipinski definition) is 0. The highest BCUT2D eigenvalue weighted by Gasteiger charge is 2.34. The number of amides is 1. The van der Waals surface area contributed by atoms with Gasteiger partial charge in [0.1, 0.15) is 17.9 Å². The molecule has 1 aliphatic rings. The number of methoxy groups -OCH3 is 1. The number of ether oxygens (including phenoxy) is 1. The van der Waals surface area contributed by atoms with Crippen molar-refractivity contribution in [2.24, 2.45) is 0 Å². The van der Waals surface area contributed by atoms with Crippen LogP contribution in [-0.4, -0.2) is 48.7 Å². The van der Waals surface area contributed by atoms with Gasteiger partial charge in [-0.3, -0.25) is 9.59 Å². The van der Waals surface area contributed by atoms with Gasteiger partial charge < -0.3 is 19.1 Å². The first kappa shape index (κ1) is 19.8. The maximum atomic E-state index is 12.9. The predicted molar refractivity (Wildman–Crippen MR) is 97.5 cm³/mol. The molecule has 0 atom stereocenters. The third-order valence-corrected chi connectivity index (χ3v) is 4.68. The summed E-state index contributed by atoms with van der Waals surface area (Å²) in [6, 6.07) is 9.41. The van der Waals surface area contributed by atoms with Gasteiger partial charge in [0.05, 0.1) is 7.11 Å². The summed E-state index contributed by atoms with van der Waals surface area (Å²) >= 11 is 0. The van der Waals surface area contributed by atoms with E-state index in [1.165, 1.54) is 6.20 Å². The predicted octanol–water partition coefficient (Wildman–Crippen LogP) is 2.22. The number of benzene rings is 1. The fraction of sp³-hybridized carbons (Fsp3) is 0.368. The molecule has 150 valence electrons. The van der Waals surface area contributed by atoms with Gasteiger partial charge in [-0.25, -0.2) is 0 Å². The third-order valence-electron chi connectivity index (χ3n) is 4.68. The molecule has 3 rings (SSSR count). The summed E-state index contributed by atoms with van der Waals surface area (Å²) in [7, 11) is 1.59. The van der Waals surface area contributed by atoms with E-state index >= 15 is 0 Å². The van der Waals surface area contributed by atoms with Crippen molar-refractivity contribution in [3.05, 3.63) is 58.5 Å². The van der Waals surface area contributed by atoms with Crippen LogP contribution in [0.2, 0.25) is 0 Å². The van der Waals surface area contributed by atoms with Crippen molar-refractivity contribution in [2.45, 2.75) is 12.7 Å². The quantitative estimate of drug-likeness (QED) is 0.797. The lowest BCUT2D eigenvalue weighted by Crippen LogP contribution is -2.50. The summed E-state index contributed by atoms with van der Waals surface area (Å²) in [5.41, 5.74) is -1.51. The number of alkyl halides is 3. The van der Waals surface area contributed by atoms with Crippen molar-refractivity contribution in [3.8, 4) is 5.75 Å². The molecular formula is C19H20F3N3O3. The van der Waals surface area contributed by atoms with Crippen molar-refractivity contribution in [3.63, 3.8) is 0 Å². The molecule has 2 aromatic rings. The summed E-state index contributed by atoms with van der Waals surface area (Å²) in [5, 5.41) is 0. The van der Waals surface area contributed by atoms with Gasteiger partial charge in [-0.2, -0.15) is 13.2 Å². The first-order chi connectivity index (χ1) is 13.3. The van der Waals surface area contributed by atoms with Crippen LogP contribution in [0.1, 0.15) is 5.56 Å². The van der Waals surface area contributed by atoms with Crippen molar-refractivity contribution in [1.82, 2.24) is 9.47 Å². The molecule has 0 unspecified atom stereocenters. The Morgan fingerprint density at radius 2 is 1.82 bits per heavy atom. The average Bonchev–Trinajstić information content (AvgIpc) is 2.69. The van der Waals surface area contributed by atoms with Crippen molar-refractivity contribution in [2.75, 3.05) is 38.2 Å². The Labute approximate surface area is 159 Å². The second-order valence-electron chi connectivity index (χ2n) is 6.42. The molecule has 1 aliphatic heterocycles. The maximum absolute atomic E-state index is 12.9. The lowest BCUT2D eigenvalue weighted by molar-refractivity contribution is -0.139. The first-order valence-electron chi connectivity index (χ1n) is 8.73. The van der Waals surface area contributed by atoms with Gasteiger partial charge in [-0.15, -0.1) is 0 Å². The van der Waals surface area contributed by atoms with Crippen LogP contribution in [0.3, 0.4) is 0 Å². The number of rotatable bonds is 4. The van der Waals surface area contributed by atoms with Gasteiger partial charge in [0.25, 0.3) is 5.56 Å². The lowest BCUT2D eigenvalue weighted by atomic mass is 10.2. The van der Waals surface area contributed by atoms with Crippen LogP contribution in [0, 0.1) is 0 Å². The number of carbonyl (C=O) groups is 1. The molecule has 0 bridgehead atoms. The zero-order valence-corrected chi connectivity index (χ0v) is 15.3. The second-order valence-corrected chi connectivity index (χ2v) is 6.42. The Kier molecular flexibility index (Phi) is 5.62. The molecule has 0 N–H and O–H groups in total. The molecule has 1 fully saturated rings. The minimum Gasteiger partial charge on any atom is -0.497 e. The zero-order chi connectivity index (χ0) is 20.3. The highest BCUT2D eigenvalue weighted by Crippen LogP contribution is 2.26. The van der Waals surface area contributed by atoms with Gasteiger partial charge in [-0.1, -0.05) is 6.07 Å². The molecule has 2 heterocycles. The minimum atomic E-state index is -4.74. The number of hydrogen-bond acceptors (Lipinski definition) is 4. The number of anilines is 1. The Hall–Kier alpha value is -2.97. The number of piperazine rings is 1. The van der Waals surface area contributed by atoms with E-state index in [-0.39, 0.29) is 5.91 Å². The van der Waals surface area contributed by atoms with Crippen LogP contribution in [0.15, 0.2) is 47.4 Å². The number of carbonyl (C=O) groups excluding carboxylic acids is 1. The van der Waals surface area contributed by atoms with E-state index in [1.807, 2.05) is 24.3 Å². The zero-order valence-electron chi connectivity index (χ0n) is 15.3. The molecule has 1 saturated heterocycles. The van der Waals surface area contributed by atoms with Crippen LogP contribution in [0.25, 0.3) is 0 Å². The molecule has 0 saturated carbocycles. The van der Waals surface area contributed by atoms with Gasteiger partial charge in [0.2, 0.25) is 5.91 Å². The van der Waals surface area contributed by atoms with Crippen molar-refractivity contribution in [1.29, 1.82) is 0 Å². The fourth-order valence-corrected chi connectivity index (χ4v) is 3.14. The van der Waals surface area contributed by atoms with E-state index in [0.29, 0.717) is 26.2 Å². The highest BCUT2D eigenvalue weighted by atomic mass is 19.4. The molecule has 0 aliphatic carbocycles. The van der Waals surface area contributed by atoms with Crippen molar-refractivity contribution >= 4 is 11.6 Å². The summed E-state index contributed by atoms with van der Waals surface area (Å²) in [5.74, 6) is 0.353. The SMILES string of the molecule is COc1cccc(N2CCN(C(=O)Cn3cccc(C(F)(F)F)c3=O)CC2)c1. The molecule has 1 aromatic heterocycles. The summed E-state index contributed by atoms with van der Waals surface area (Å²) in [6.45, 7) is 1.59. The van der Waals surface area contributed by atoms with Gasteiger partial charge in [0.15, 0.2) is 0 Å². The number of aromatic nitrogens is 1. The van der Waals surface area contributed by atoms with Gasteiger partial charge in [-0.05, 0) is 24.3 Å². The standard InChI is InChI=1S/C19H20F3N3O3/c1-28-15-5-2-4-14(12-15)23-8-10-24(11-9-23)17(26)13-25-7-3-6-16(18(25)27)19(20,21)22/h2-7,12H,8-11,13H2,1H3. The second kappa shape index (κ2) is 7.95. The Morgan fingerprint density at radius 1 is 1.11 bits per heavy atom. The number of nitrogens with zero attached hydrogens (tertiary/aromatic N) is 3. The van der Waals surface area contributed by atoms with Crippen LogP contribution in [0.4, 0.5) is 18.9 Å². The van der Waals surface area contributed by atoms with Crippen LogP contribution >= 0.6 is 0 Å². The molecule has 28 heavy (non-hydrogen) atoms. The van der Waals surface area contributed by atoms with E-state index in [0.717, 1.165) is 28.1 Å². The molecule has 1 amide bonds. The van der Waals surface area contributed by atoms with E-state index in [2.05, 4.69) is 4.90 Å². The van der Waals surface area contributed by atoms with Crippen LogP contribution < -0.4 is 15.2 Å². The maximum Gasteiger partial charge on any atom is 0.421 e. The normalized spacial score (nSPS) is 14.9. The first-order valence-corrected chi connectivity index (χ1v) is 8.73. The molecule has 0 radical (unpaired) electrons. The summed E-state index contributed by atoms with van der Waals surface area (Å²) < 4.78 is 44.6. The van der Waals surface area contributed by atoms with Gasteiger partial charge in [0, 0.05) is 44.1 Å². The largest absolute Gasteiger partial charge is 0.497 e. The summed E-state index contributed by atoms with van der Waals surface area (Å²) in [6.07, 6.45) is -3.55. The third kappa shape index (κ3) is 4.29. The molecule has 1 aromatic carbocycles. The Balaban J connectivity index is 1.64. The average molecular weight is 395 g/mol. The van der Waals surface area contributed by atoms with E-state index < -0.39 is 23.8 Å². The van der Waals surface area contributed by atoms with Crippen LogP contribution in [0.5, 0.6) is 5.75 Å². The van der Waals surface area contributed by atoms with Crippen LogP contribution in [-0.2, 0) is 17.5 Å². The molecular weight excluding hydrogens is 375 g/mol. The summed E-state index contributed by atoms with van der Waals surface area (Å²) in [4.78, 5) is 28.1. The highest BCUT2D eigenvalue weighted by molar-refractivity contribution is 5.76. The topological polar surface area (TPSA) is 54.8 Å². The van der Waals surface area contributed by atoms with E-state index in [1.54, 1.807) is 12.0 Å². The molecule has 9 heteroatoms. The van der Waals surface area contributed by atoms with E-state index in [4.69, 9.17) is 4.74 Å².